The first kappa shape index (κ1) is 21.4. The monoisotopic (exact) mass is 430 g/mol. The molecule has 6 heteroatoms. The maximum absolute atomic E-state index is 12.4. The topological polar surface area (TPSA) is 52.6 Å². The summed E-state index contributed by atoms with van der Waals surface area (Å²) in [4.78, 5) is 2.39. The number of ether oxygens (including phenoxy) is 1. The molecule has 0 aliphatic carbocycles. The number of hydrogen-bond donors (Lipinski definition) is 0. The van der Waals surface area contributed by atoms with Crippen molar-refractivity contribution >= 4 is 20.4 Å². The summed E-state index contributed by atoms with van der Waals surface area (Å²) < 4.78 is 36.7. The smallest absolute Gasteiger partial charge is 0.274 e. The van der Waals surface area contributed by atoms with Crippen LogP contribution in [-0.2, 0) is 13.7 Å². The lowest BCUT2D eigenvalue weighted by Gasteiger charge is -2.39. The third-order valence-electron chi connectivity index (χ3n) is 3.96. The first-order valence-electron chi connectivity index (χ1n) is 9.24. The molecule has 0 saturated carbocycles. The van der Waals surface area contributed by atoms with Gasteiger partial charge in [0, 0.05) is 14.7 Å². The van der Waals surface area contributed by atoms with E-state index in [9.17, 15) is 8.42 Å². The molecular formula is C23H26O4S2. The van der Waals surface area contributed by atoms with Gasteiger partial charge in [0.25, 0.3) is 10.1 Å². The first-order valence-corrected chi connectivity index (χ1v) is 12.6. The lowest BCUT2D eigenvalue weighted by Crippen LogP contribution is -2.22. The maximum Gasteiger partial charge on any atom is 0.274 e. The number of hydrogen-bond acceptors (Lipinski definition) is 4. The molecule has 0 heterocycles. The van der Waals surface area contributed by atoms with Gasteiger partial charge in [-0.3, -0.25) is 0 Å². The third kappa shape index (κ3) is 5.21. The van der Waals surface area contributed by atoms with Crippen LogP contribution in [0, 0.1) is 0 Å². The standard InChI is InChI=1S/C23H26O4S2/c1-23(2,3)26-19-15-17-22(18-16-19)29(27-28(4,24)25,20-11-7-5-8-12-20)21-13-9-6-10-14-21/h5-18H,1-4H3. The van der Waals surface area contributed by atoms with Gasteiger partial charge in [-0.2, -0.15) is 8.42 Å². The van der Waals surface area contributed by atoms with Gasteiger partial charge in [-0.1, -0.05) is 36.4 Å². The fourth-order valence-electron chi connectivity index (χ4n) is 2.99. The summed E-state index contributed by atoms with van der Waals surface area (Å²) in [5.74, 6) is 0.718. The molecule has 0 radical (unpaired) electrons. The van der Waals surface area contributed by atoms with Gasteiger partial charge in [0.05, 0.1) is 6.26 Å². The Morgan fingerprint density at radius 3 is 1.45 bits per heavy atom. The van der Waals surface area contributed by atoms with Crippen LogP contribution in [0.15, 0.2) is 99.6 Å². The molecule has 154 valence electrons. The minimum atomic E-state index is -3.76. The summed E-state index contributed by atoms with van der Waals surface area (Å²) in [6.07, 6.45) is 1.09. The van der Waals surface area contributed by atoms with Gasteiger partial charge in [0.15, 0.2) is 0 Å². The Balaban J connectivity index is 2.24. The van der Waals surface area contributed by atoms with E-state index in [1.165, 1.54) is 0 Å². The molecule has 0 saturated heterocycles. The Bertz CT molecular complexity index is 1000. The lowest BCUT2D eigenvalue weighted by molar-refractivity contribution is 0.131. The third-order valence-corrected chi connectivity index (χ3v) is 8.57. The average Bonchev–Trinajstić information content (AvgIpc) is 2.66. The second kappa shape index (κ2) is 8.22. The Morgan fingerprint density at radius 1 is 0.655 bits per heavy atom. The highest BCUT2D eigenvalue weighted by Crippen LogP contribution is 2.69. The summed E-state index contributed by atoms with van der Waals surface area (Å²) in [6, 6.07) is 26.5. The largest absolute Gasteiger partial charge is 0.488 e. The highest BCUT2D eigenvalue weighted by atomic mass is 32.3. The van der Waals surface area contributed by atoms with Crippen LogP contribution in [-0.4, -0.2) is 20.3 Å². The molecule has 0 N–H and O–H groups in total. The van der Waals surface area contributed by atoms with E-state index in [0.29, 0.717) is 0 Å². The van der Waals surface area contributed by atoms with E-state index in [1.54, 1.807) is 0 Å². The fraction of sp³-hybridized carbons (Fsp3) is 0.217. The van der Waals surface area contributed by atoms with Gasteiger partial charge in [0.2, 0.25) is 0 Å². The fourth-order valence-corrected chi connectivity index (χ4v) is 7.83. The highest BCUT2D eigenvalue weighted by molar-refractivity contribution is 8.33. The van der Waals surface area contributed by atoms with E-state index in [1.807, 2.05) is 106 Å². The van der Waals surface area contributed by atoms with Gasteiger partial charge in [-0.25, -0.2) is 3.63 Å². The summed E-state index contributed by atoms with van der Waals surface area (Å²) in [7, 11) is -6.25. The van der Waals surface area contributed by atoms with Gasteiger partial charge >= 0.3 is 0 Å². The van der Waals surface area contributed by atoms with E-state index in [0.717, 1.165) is 26.7 Å². The molecule has 3 aromatic rings. The van der Waals surface area contributed by atoms with Crippen LogP contribution >= 0.6 is 10.3 Å². The molecule has 3 rings (SSSR count). The Hall–Kier alpha value is -2.28. The molecule has 29 heavy (non-hydrogen) atoms. The van der Waals surface area contributed by atoms with Crippen LogP contribution in [0.4, 0.5) is 0 Å². The van der Waals surface area contributed by atoms with Crippen molar-refractivity contribution < 1.29 is 16.8 Å². The van der Waals surface area contributed by atoms with Gasteiger partial charge in [-0.05, 0) is 79.6 Å². The maximum atomic E-state index is 12.4. The van der Waals surface area contributed by atoms with Crippen molar-refractivity contribution in [1.29, 1.82) is 0 Å². The average molecular weight is 431 g/mol. The summed E-state index contributed by atoms with van der Waals surface area (Å²) in [5.41, 5.74) is -0.326. The molecule has 0 aliphatic rings. The Labute approximate surface area is 175 Å². The minimum Gasteiger partial charge on any atom is -0.488 e. The quantitative estimate of drug-likeness (QED) is 0.479. The molecule has 0 atom stereocenters. The van der Waals surface area contributed by atoms with E-state index in [2.05, 4.69) is 0 Å². The SMILES string of the molecule is CC(C)(C)Oc1ccc(S(OS(C)(=O)=O)(c2ccccc2)c2ccccc2)cc1. The highest BCUT2D eigenvalue weighted by Gasteiger charge is 2.36. The van der Waals surface area contributed by atoms with Crippen LogP contribution in [0.5, 0.6) is 5.75 Å². The molecule has 0 aliphatic heterocycles. The molecule has 0 amide bonds. The minimum absolute atomic E-state index is 0.326. The van der Waals surface area contributed by atoms with Crippen molar-refractivity contribution in [2.45, 2.75) is 41.1 Å². The molecule has 0 bridgehead atoms. The predicted molar refractivity (Wildman–Crippen MR) is 118 cm³/mol. The lowest BCUT2D eigenvalue weighted by atomic mass is 10.2. The molecule has 0 spiro atoms. The van der Waals surface area contributed by atoms with Crippen molar-refractivity contribution in [1.82, 2.24) is 0 Å². The Morgan fingerprint density at radius 2 is 1.07 bits per heavy atom. The second-order valence-corrected chi connectivity index (χ2v) is 12.1. The van der Waals surface area contributed by atoms with Crippen LogP contribution in [0.1, 0.15) is 20.8 Å². The van der Waals surface area contributed by atoms with Crippen molar-refractivity contribution in [2.24, 2.45) is 0 Å². The van der Waals surface area contributed by atoms with E-state index >= 15 is 0 Å². The number of benzene rings is 3. The zero-order valence-corrected chi connectivity index (χ0v) is 18.7. The Kier molecular flexibility index (Phi) is 6.08. The zero-order valence-electron chi connectivity index (χ0n) is 17.0. The summed E-state index contributed by atoms with van der Waals surface area (Å²) >= 11 is 0. The van der Waals surface area contributed by atoms with Crippen LogP contribution in [0.2, 0.25) is 0 Å². The van der Waals surface area contributed by atoms with Crippen LogP contribution < -0.4 is 4.74 Å². The molecule has 4 nitrogen and oxygen atoms in total. The molecular weight excluding hydrogens is 404 g/mol. The zero-order chi connectivity index (χ0) is 21.1. The number of rotatable bonds is 6. The normalized spacial score (nSPS) is 13.1. The van der Waals surface area contributed by atoms with Crippen molar-refractivity contribution in [3.63, 3.8) is 0 Å². The van der Waals surface area contributed by atoms with Crippen molar-refractivity contribution in [2.75, 3.05) is 6.26 Å². The molecule has 0 fully saturated rings. The molecule has 0 aromatic heterocycles. The van der Waals surface area contributed by atoms with Crippen LogP contribution in [0.25, 0.3) is 0 Å². The van der Waals surface area contributed by atoms with Crippen molar-refractivity contribution in [3.8, 4) is 5.75 Å². The van der Waals surface area contributed by atoms with E-state index in [4.69, 9.17) is 8.37 Å². The summed E-state index contributed by atoms with van der Waals surface area (Å²) in [5, 5.41) is 0. The summed E-state index contributed by atoms with van der Waals surface area (Å²) in [6.45, 7) is 5.95. The van der Waals surface area contributed by atoms with Gasteiger partial charge in [-0.15, -0.1) is 0 Å². The van der Waals surface area contributed by atoms with Gasteiger partial charge < -0.3 is 4.74 Å². The van der Waals surface area contributed by atoms with Crippen LogP contribution in [0.3, 0.4) is 0 Å². The first-order chi connectivity index (χ1) is 13.6. The van der Waals surface area contributed by atoms with Crippen molar-refractivity contribution in [3.05, 3.63) is 84.9 Å². The van der Waals surface area contributed by atoms with E-state index in [-0.39, 0.29) is 5.60 Å². The van der Waals surface area contributed by atoms with E-state index < -0.39 is 20.4 Å². The molecule has 0 unspecified atom stereocenters. The predicted octanol–water partition coefficient (Wildman–Crippen LogP) is 6.04. The second-order valence-electron chi connectivity index (χ2n) is 7.64. The molecule has 3 aromatic carbocycles. The van der Waals surface area contributed by atoms with Gasteiger partial charge in [0.1, 0.15) is 11.4 Å².